The number of aryl methyl sites for hydroxylation is 2. The molecule has 6 nitrogen and oxygen atoms in total. The van der Waals surface area contributed by atoms with E-state index >= 15 is 0 Å². The van der Waals surface area contributed by atoms with Crippen LogP contribution in [-0.2, 0) is 13.6 Å². The number of hydrogen-bond donors (Lipinski definition) is 3. The molecule has 19 heavy (non-hydrogen) atoms. The summed E-state index contributed by atoms with van der Waals surface area (Å²) in [5, 5.41) is 9.73. The number of amides is 2. The van der Waals surface area contributed by atoms with Gasteiger partial charge in [-0.15, -0.1) is 0 Å². The van der Waals surface area contributed by atoms with Crippen LogP contribution in [0.4, 0.5) is 16.2 Å². The van der Waals surface area contributed by atoms with Crippen molar-refractivity contribution < 1.29 is 4.79 Å². The molecule has 0 aliphatic heterocycles. The monoisotopic (exact) mass is 259 g/mol. The van der Waals surface area contributed by atoms with Crippen LogP contribution in [0.1, 0.15) is 11.3 Å². The summed E-state index contributed by atoms with van der Waals surface area (Å²) in [7, 11) is 1.85. The topological polar surface area (TPSA) is 85.0 Å². The average molecular weight is 259 g/mol. The number of nitrogens with one attached hydrogen (secondary N) is 2. The molecule has 1 aromatic heterocycles. The lowest BCUT2D eigenvalue weighted by Crippen LogP contribution is -2.28. The van der Waals surface area contributed by atoms with Crippen LogP contribution in [0.2, 0.25) is 0 Å². The van der Waals surface area contributed by atoms with E-state index in [0.29, 0.717) is 17.9 Å². The van der Waals surface area contributed by atoms with Gasteiger partial charge in [0, 0.05) is 36.7 Å². The van der Waals surface area contributed by atoms with Gasteiger partial charge in [-0.2, -0.15) is 5.10 Å². The van der Waals surface area contributed by atoms with Crippen LogP contribution in [0, 0.1) is 6.92 Å². The molecule has 6 heteroatoms. The first-order chi connectivity index (χ1) is 9.04. The van der Waals surface area contributed by atoms with E-state index in [1.54, 1.807) is 28.9 Å². The Morgan fingerprint density at radius 1 is 1.37 bits per heavy atom. The molecule has 0 unspecified atom stereocenters. The molecule has 2 rings (SSSR count). The van der Waals surface area contributed by atoms with Crippen molar-refractivity contribution in [1.82, 2.24) is 15.1 Å². The number of nitrogen functional groups attached to an aromatic ring is 1. The number of aromatic nitrogens is 2. The number of hydrogen-bond acceptors (Lipinski definition) is 3. The van der Waals surface area contributed by atoms with Crippen LogP contribution in [0.15, 0.2) is 30.5 Å². The lowest BCUT2D eigenvalue weighted by atomic mass is 10.2. The number of anilines is 2. The fourth-order valence-electron chi connectivity index (χ4n) is 1.74. The van der Waals surface area contributed by atoms with Crippen molar-refractivity contribution in [2.45, 2.75) is 13.5 Å². The van der Waals surface area contributed by atoms with Gasteiger partial charge in [-0.25, -0.2) is 4.79 Å². The summed E-state index contributed by atoms with van der Waals surface area (Å²) in [5.41, 5.74) is 8.85. The van der Waals surface area contributed by atoms with Gasteiger partial charge in [0.2, 0.25) is 0 Å². The predicted octanol–water partition coefficient (Wildman–Crippen LogP) is 1.63. The molecule has 0 spiro atoms. The molecule has 0 atom stereocenters. The van der Waals surface area contributed by atoms with E-state index in [9.17, 15) is 4.79 Å². The van der Waals surface area contributed by atoms with Crippen molar-refractivity contribution in [2.24, 2.45) is 7.05 Å². The minimum absolute atomic E-state index is 0.256. The highest BCUT2D eigenvalue weighted by molar-refractivity contribution is 5.89. The van der Waals surface area contributed by atoms with E-state index in [-0.39, 0.29) is 6.03 Å². The molecular formula is C13H17N5O. The number of rotatable bonds is 3. The number of carbonyl (C=O) groups excluding carboxylic acids is 1. The lowest BCUT2D eigenvalue weighted by molar-refractivity contribution is 0.251. The van der Waals surface area contributed by atoms with Crippen LogP contribution in [0.3, 0.4) is 0 Å². The van der Waals surface area contributed by atoms with E-state index < -0.39 is 0 Å². The number of nitrogens with zero attached hydrogens (tertiary/aromatic N) is 2. The molecular weight excluding hydrogens is 242 g/mol. The number of urea groups is 1. The van der Waals surface area contributed by atoms with Crippen molar-refractivity contribution in [3.8, 4) is 0 Å². The van der Waals surface area contributed by atoms with E-state index in [1.165, 1.54) is 0 Å². The van der Waals surface area contributed by atoms with Crippen LogP contribution < -0.4 is 16.4 Å². The molecule has 0 fully saturated rings. The van der Waals surface area contributed by atoms with Gasteiger partial charge in [-0.05, 0) is 31.2 Å². The van der Waals surface area contributed by atoms with Crippen molar-refractivity contribution in [2.75, 3.05) is 11.1 Å². The Labute approximate surface area is 111 Å². The van der Waals surface area contributed by atoms with E-state index in [2.05, 4.69) is 15.7 Å². The maximum absolute atomic E-state index is 11.7. The summed E-state index contributed by atoms with van der Waals surface area (Å²) in [6.07, 6.45) is 1.89. The second kappa shape index (κ2) is 5.43. The van der Waals surface area contributed by atoms with Crippen molar-refractivity contribution >= 4 is 17.4 Å². The Balaban J connectivity index is 1.88. The van der Waals surface area contributed by atoms with Crippen LogP contribution >= 0.6 is 0 Å². The lowest BCUT2D eigenvalue weighted by Gasteiger charge is -2.07. The smallest absolute Gasteiger partial charge is 0.319 e. The molecule has 0 saturated carbocycles. The zero-order chi connectivity index (χ0) is 13.8. The molecule has 1 aromatic carbocycles. The van der Waals surface area contributed by atoms with Gasteiger partial charge < -0.3 is 16.4 Å². The standard InChI is InChI=1S/C13H17N5O/c1-9-10(8-18(2)17-9)7-15-13(19)16-12-5-3-11(14)4-6-12/h3-6,8H,7,14H2,1-2H3,(H2,15,16,19). The first kappa shape index (κ1) is 12.9. The SMILES string of the molecule is Cc1nn(C)cc1CNC(=O)Nc1ccc(N)cc1. The average Bonchev–Trinajstić information content (AvgIpc) is 2.68. The summed E-state index contributed by atoms with van der Waals surface area (Å²) in [4.78, 5) is 11.7. The Kier molecular flexibility index (Phi) is 3.70. The van der Waals surface area contributed by atoms with Gasteiger partial charge in [0.05, 0.1) is 5.69 Å². The van der Waals surface area contributed by atoms with Crippen molar-refractivity contribution in [1.29, 1.82) is 0 Å². The fraction of sp³-hybridized carbons (Fsp3) is 0.231. The van der Waals surface area contributed by atoms with Gasteiger partial charge in [0.1, 0.15) is 0 Å². The Morgan fingerprint density at radius 3 is 2.63 bits per heavy atom. The first-order valence-electron chi connectivity index (χ1n) is 5.94. The second-order valence-corrected chi connectivity index (χ2v) is 4.34. The zero-order valence-electron chi connectivity index (χ0n) is 11.0. The molecule has 1 heterocycles. The van der Waals surface area contributed by atoms with E-state index in [0.717, 1.165) is 11.3 Å². The minimum atomic E-state index is -0.256. The molecule has 0 bridgehead atoms. The highest BCUT2D eigenvalue weighted by Crippen LogP contribution is 2.10. The van der Waals surface area contributed by atoms with Crippen LogP contribution in [0.25, 0.3) is 0 Å². The van der Waals surface area contributed by atoms with Crippen molar-refractivity contribution in [3.05, 3.63) is 41.7 Å². The molecule has 2 aromatic rings. The zero-order valence-corrected chi connectivity index (χ0v) is 11.0. The van der Waals surface area contributed by atoms with E-state index in [1.807, 2.05) is 20.2 Å². The molecule has 100 valence electrons. The normalized spacial score (nSPS) is 10.2. The minimum Gasteiger partial charge on any atom is -0.399 e. The third-order valence-corrected chi connectivity index (χ3v) is 2.72. The summed E-state index contributed by atoms with van der Waals surface area (Å²) < 4.78 is 1.73. The van der Waals surface area contributed by atoms with E-state index in [4.69, 9.17) is 5.73 Å². The molecule has 0 aliphatic carbocycles. The summed E-state index contributed by atoms with van der Waals surface area (Å²) in [6.45, 7) is 2.36. The van der Waals surface area contributed by atoms with Gasteiger partial charge in [-0.3, -0.25) is 4.68 Å². The third kappa shape index (κ3) is 3.48. The Bertz CT molecular complexity index is 573. The van der Waals surface area contributed by atoms with Gasteiger partial charge >= 0.3 is 6.03 Å². The number of benzene rings is 1. The second-order valence-electron chi connectivity index (χ2n) is 4.34. The van der Waals surface area contributed by atoms with Crippen molar-refractivity contribution in [3.63, 3.8) is 0 Å². The summed E-state index contributed by atoms with van der Waals surface area (Å²) in [5.74, 6) is 0. The largest absolute Gasteiger partial charge is 0.399 e. The Morgan fingerprint density at radius 2 is 2.05 bits per heavy atom. The van der Waals surface area contributed by atoms with Crippen LogP contribution in [0.5, 0.6) is 0 Å². The van der Waals surface area contributed by atoms with Crippen LogP contribution in [-0.4, -0.2) is 15.8 Å². The molecule has 0 saturated heterocycles. The maximum atomic E-state index is 11.7. The summed E-state index contributed by atoms with van der Waals surface area (Å²) >= 11 is 0. The molecule has 4 N–H and O–H groups in total. The molecule has 2 amide bonds. The first-order valence-corrected chi connectivity index (χ1v) is 5.94. The third-order valence-electron chi connectivity index (χ3n) is 2.72. The van der Waals surface area contributed by atoms with Gasteiger partial charge in [-0.1, -0.05) is 0 Å². The number of carbonyl (C=O) groups is 1. The fourth-order valence-corrected chi connectivity index (χ4v) is 1.74. The molecule has 0 aliphatic rings. The van der Waals surface area contributed by atoms with Gasteiger partial charge in [0.25, 0.3) is 0 Å². The van der Waals surface area contributed by atoms with Gasteiger partial charge in [0.15, 0.2) is 0 Å². The maximum Gasteiger partial charge on any atom is 0.319 e. The predicted molar refractivity (Wildman–Crippen MR) is 74.7 cm³/mol. The quantitative estimate of drug-likeness (QED) is 0.732. The Hall–Kier alpha value is -2.50. The molecule has 0 radical (unpaired) electrons. The highest BCUT2D eigenvalue weighted by atomic mass is 16.2. The number of nitrogens with two attached hydrogens (primary N) is 1. The highest BCUT2D eigenvalue weighted by Gasteiger charge is 2.05. The summed E-state index contributed by atoms with van der Waals surface area (Å²) in [6, 6.07) is 6.73.